The Bertz CT molecular complexity index is 725. The van der Waals surface area contributed by atoms with Crippen molar-refractivity contribution in [3.63, 3.8) is 0 Å². The van der Waals surface area contributed by atoms with Crippen LogP contribution in [-0.4, -0.2) is 27.9 Å². The average molecular weight is 317 g/mol. The second-order valence-electron chi connectivity index (χ2n) is 4.00. The number of thiazole rings is 1. The smallest absolute Gasteiger partial charge is 0.328 e. The highest BCUT2D eigenvalue weighted by Crippen LogP contribution is 2.18. The minimum Gasteiger partial charge on any atom is -0.478 e. The highest BCUT2D eigenvalue weighted by atomic mass is 32.1. The van der Waals surface area contributed by atoms with Gasteiger partial charge in [0.15, 0.2) is 5.13 Å². The van der Waals surface area contributed by atoms with Crippen LogP contribution in [0.15, 0.2) is 48.0 Å². The molecule has 0 aliphatic rings. The van der Waals surface area contributed by atoms with Crippen LogP contribution in [-0.2, 0) is 9.59 Å². The van der Waals surface area contributed by atoms with Gasteiger partial charge in [-0.2, -0.15) is 0 Å². The molecule has 1 aromatic heterocycles. The predicted octanol–water partition coefficient (Wildman–Crippen LogP) is 1.97. The number of hydrogen-bond acceptors (Lipinski definition) is 5. The summed E-state index contributed by atoms with van der Waals surface area (Å²) >= 11 is 1.27. The van der Waals surface area contributed by atoms with E-state index < -0.39 is 17.8 Å². The molecule has 1 heterocycles. The average Bonchev–Trinajstić information content (AvgIpc) is 2.98. The Labute approximate surface area is 129 Å². The van der Waals surface area contributed by atoms with Gasteiger partial charge in [-0.15, -0.1) is 11.3 Å². The minimum absolute atomic E-state index is 0.245. The molecule has 0 spiro atoms. The number of carbonyl (C=O) groups excluding carboxylic acids is 2. The Morgan fingerprint density at radius 2 is 1.91 bits per heavy atom. The number of amides is 2. The first kappa shape index (κ1) is 15.4. The standard InChI is InChI=1S/C14H11N3O4S/c18-11(5-6-12(19)20)16-10-4-2-1-3-9(10)13(21)17-14-15-7-8-22-14/h1-8H,(H,16,18)(H,19,20)(H,15,17,21)/b6-5+. The Morgan fingerprint density at radius 1 is 1.14 bits per heavy atom. The lowest BCUT2D eigenvalue weighted by molar-refractivity contribution is -0.131. The van der Waals surface area contributed by atoms with Crippen LogP contribution in [0, 0.1) is 0 Å². The quantitative estimate of drug-likeness (QED) is 0.731. The number of carboxylic acid groups (broad SMARTS) is 1. The minimum atomic E-state index is -1.23. The summed E-state index contributed by atoms with van der Waals surface area (Å²) in [6.07, 6.45) is 3.15. The first-order chi connectivity index (χ1) is 10.6. The van der Waals surface area contributed by atoms with Crippen LogP contribution >= 0.6 is 11.3 Å². The van der Waals surface area contributed by atoms with E-state index in [-0.39, 0.29) is 11.3 Å². The largest absolute Gasteiger partial charge is 0.478 e. The fourth-order valence-corrected chi connectivity index (χ4v) is 2.09. The summed E-state index contributed by atoms with van der Waals surface area (Å²) in [4.78, 5) is 38.1. The van der Waals surface area contributed by atoms with Crippen LogP contribution < -0.4 is 10.6 Å². The van der Waals surface area contributed by atoms with Crippen molar-refractivity contribution >= 4 is 39.9 Å². The van der Waals surface area contributed by atoms with E-state index in [1.165, 1.54) is 11.3 Å². The fraction of sp³-hybridized carbons (Fsp3) is 0. The lowest BCUT2D eigenvalue weighted by Gasteiger charge is -2.09. The SMILES string of the molecule is O=C(O)/C=C/C(=O)Nc1ccccc1C(=O)Nc1nccs1. The lowest BCUT2D eigenvalue weighted by Crippen LogP contribution is -2.17. The van der Waals surface area contributed by atoms with E-state index in [2.05, 4.69) is 15.6 Å². The summed E-state index contributed by atoms with van der Waals surface area (Å²) in [6.45, 7) is 0. The molecule has 0 unspecified atom stereocenters. The van der Waals surface area contributed by atoms with Crippen LogP contribution in [0.25, 0.3) is 0 Å². The molecule has 2 rings (SSSR count). The van der Waals surface area contributed by atoms with Crippen molar-refractivity contribution in [3.8, 4) is 0 Å². The molecule has 1 aromatic carbocycles. The summed E-state index contributed by atoms with van der Waals surface area (Å²) in [5, 5.41) is 15.7. The molecule has 0 bridgehead atoms. The summed E-state index contributed by atoms with van der Waals surface area (Å²) in [6, 6.07) is 6.39. The van der Waals surface area contributed by atoms with E-state index in [4.69, 9.17) is 5.11 Å². The number of carboxylic acids is 1. The lowest BCUT2D eigenvalue weighted by atomic mass is 10.1. The molecule has 0 fully saturated rings. The molecule has 2 aromatic rings. The van der Waals surface area contributed by atoms with E-state index >= 15 is 0 Å². The third-order valence-corrected chi connectivity index (χ3v) is 3.15. The Balaban J connectivity index is 2.14. The summed E-state index contributed by atoms with van der Waals surface area (Å²) in [5.41, 5.74) is 0.520. The van der Waals surface area contributed by atoms with Crippen molar-refractivity contribution in [3.05, 3.63) is 53.6 Å². The van der Waals surface area contributed by atoms with Crippen LogP contribution in [0.1, 0.15) is 10.4 Å². The molecule has 0 aliphatic heterocycles. The molecular formula is C14H11N3O4S. The fourth-order valence-electron chi connectivity index (χ4n) is 1.56. The number of hydrogen-bond donors (Lipinski definition) is 3. The summed E-state index contributed by atoms with van der Waals surface area (Å²) < 4.78 is 0. The van der Waals surface area contributed by atoms with Crippen LogP contribution in [0.3, 0.4) is 0 Å². The normalized spacial score (nSPS) is 10.4. The van der Waals surface area contributed by atoms with Crippen molar-refractivity contribution in [2.45, 2.75) is 0 Å². The van der Waals surface area contributed by atoms with Gasteiger partial charge in [0, 0.05) is 23.7 Å². The topological polar surface area (TPSA) is 108 Å². The molecule has 8 heteroatoms. The molecule has 0 aliphatic carbocycles. The monoisotopic (exact) mass is 317 g/mol. The number of aromatic nitrogens is 1. The Hall–Kier alpha value is -3.00. The van der Waals surface area contributed by atoms with Gasteiger partial charge in [-0.05, 0) is 12.1 Å². The zero-order chi connectivity index (χ0) is 15.9. The number of aliphatic carboxylic acids is 1. The van der Waals surface area contributed by atoms with Gasteiger partial charge in [-0.25, -0.2) is 9.78 Å². The number of benzene rings is 1. The van der Waals surface area contributed by atoms with Crippen LogP contribution in [0.4, 0.5) is 10.8 Å². The molecule has 0 saturated carbocycles. The number of rotatable bonds is 5. The highest BCUT2D eigenvalue weighted by molar-refractivity contribution is 7.13. The molecule has 112 valence electrons. The summed E-state index contributed by atoms with van der Waals surface area (Å²) in [5.74, 6) is -2.30. The number of anilines is 2. The highest BCUT2D eigenvalue weighted by Gasteiger charge is 2.13. The van der Waals surface area contributed by atoms with Crippen molar-refractivity contribution < 1.29 is 19.5 Å². The van der Waals surface area contributed by atoms with Crippen molar-refractivity contribution in [1.82, 2.24) is 4.98 Å². The van der Waals surface area contributed by atoms with E-state index in [0.717, 1.165) is 6.08 Å². The van der Waals surface area contributed by atoms with E-state index in [0.29, 0.717) is 11.2 Å². The van der Waals surface area contributed by atoms with Gasteiger partial charge in [0.2, 0.25) is 5.91 Å². The van der Waals surface area contributed by atoms with E-state index in [9.17, 15) is 14.4 Å². The molecule has 0 saturated heterocycles. The third-order valence-electron chi connectivity index (χ3n) is 2.46. The van der Waals surface area contributed by atoms with Crippen molar-refractivity contribution in [2.24, 2.45) is 0 Å². The molecule has 0 radical (unpaired) electrons. The van der Waals surface area contributed by atoms with Gasteiger partial charge < -0.3 is 10.4 Å². The number of nitrogens with zero attached hydrogens (tertiary/aromatic N) is 1. The second kappa shape index (κ2) is 7.14. The van der Waals surface area contributed by atoms with Gasteiger partial charge in [0.1, 0.15) is 0 Å². The first-order valence-corrected chi connectivity index (χ1v) is 6.96. The van der Waals surface area contributed by atoms with Gasteiger partial charge >= 0.3 is 5.97 Å². The maximum absolute atomic E-state index is 12.2. The zero-order valence-corrected chi connectivity index (χ0v) is 12.0. The number of carbonyl (C=O) groups is 3. The van der Waals surface area contributed by atoms with Crippen LogP contribution in [0.2, 0.25) is 0 Å². The van der Waals surface area contributed by atoms with Crippen LogP contribution in [0.5, 0.6) is 0 Å². The molecule has 2 amide bonds. The second-order valence-corrected chi connectivity index (χ2v) is 4.89. The van der Waals surface area contributed by atoms with E-state index in [1.807, 2.05) is 0 Å². The first-order valence-electron chi connectivity index (χ1n) is 6.08. The zero-order valence-electron chi connectivity index (χ0n) is 11.1. The third kappa shape index (κ3) is 4.25. The molecular weight excluding hydrogens is 306 g/mol. The molecule has 7 nitrogen and oxygen atoms in total. The molecule has 0 atom stereocenters. The van der Waals surface area contributed by atoms with Crippen molar-refractivity contribution in [1.29, 1.82) is 0 Å². The van der Waals surface area contributed by atoms with Gasteiger partial charge in [-0.1, -0.05) is 12.1 Å². The number of para-hydroxylation sites is 1. The Kier molecular flexibility index (Phi) is 4.99. The van der Waals surface area contributed by atoms with Gasteiger partial charge in [0.25, 0.3) is 5.91 Å². The maximum Gasteiger partial charge on any atom is 0.328 e. The molecule has 3 N–H and O–H groups in total. The van der Waals surface area contributed by atoms with Gasteiger partial charge in [-0.3, -0.25) is 14.9 Å². The molecule has 22 heavy (non-hydrogen) atoms. The Morgan fingerprint density at radius 3 is 2.59 bits per heavy atom. The number of nitrogens with one attached hydrogen (secondary N) is 2. The predicted molar refractivity (Wildman–Crippen MR) is 81.9 cm³/mol. The maximum atomic E-state index is 12.2. The van der Waals surface area contributed by atoms with Crippen molar-refractivity contribution in [2.75, 3.05) is 10.6 Å². The summed E-state index contributed by atoms with van der Waals surface area (Å²) in [7, 11) is 0. The van der Waals surface area contributed by atoms with Gasteiger partial charge in [0.05, 0.1) is 11.3 Å². The van der Waals surface area contributed by atoms with E-state index in [1.54, 1.807) is 35.8 Å².